The van der Waals surface area contributed by atoms with Crippen LogP contribution < -0.4 is 48.8 Å². The van der Waals surface area contributed by atoms with Crippen LogP contribution in [0.4, 0.5) is 35.1 Å². The summed E-state index contributed by atoms with van der Waals surface area (Å²) in [6, 6.07) is -7.10. The van der Waals surface area contributed by atoms with Gasteiger partial charge < -0.3 is 48.6 Å². The van der Waals surface area contributed by atoms with Crippen LogP contribution in [0.2, 0.25) is 0 Å². The fourth-order valence-electron chi connectivity index (χ4n) is 5.35. The third-order valence-corrected chi connectivity index (χ3v) is 10.6. The Morgan fingerprint density at radius 1 is 0.667 bits per heavy atom. The number of Topliss-reactive ketones (excluding diaryl/α,β-unsaturated/α-hetero) is 1. The van der Waals surface area contributed by atoms with Crippen molar-refractivity contribution in [2.75, 3.05) is 31.1 Å². The number of hydrogen-bond donors (Lipinski definition) is 12. The SMILES string of the molecule is CC(=O)CNC(=O)C1CSc2c(F)c(F)c(c(F)c2F)-c2c(F)c(F)c(c(F)c2F)SCC(NO)C(=O)NC(CCCNC(=N)N)C(=O)NC(CCCNC(=N)N)C(=O)N1. The maximum Gasteiger partial charge on any atom is 0.243 e. The lowest BCUT2D eigenvalue weighted by Gasteiger charge is -2.26. The van der Waals surface area contributed by atoms with Gasteiger partial charge in [0.15, 0.2) is 58.5 Å². The zero-order chi connectivity index (χ0) is 45.0. The Hall–Kier alpha value is -5.41. The number of ketones is 1. The van der Waals surface area contributed by atoms with Crippen LogP contribution in [0.3, 0.4) is 0 Å². The quantitative estimate of drug-likeness (QED) is 0.0350. The molecule has 2 aromatic rings. The summed E-state index contributed by atoms with van der Waals surface area (Å²) in [6.45, 7) is 0.336. The number of halogens is 8. The van der Waals surface area contributed by atoms with E-state index in [0.29, 0.717) is 0 Å². The molecule has 4 atom stereocenters. The molecule has 2 aromatic carbocycles. The molecule has 4 bridgehead atoms. The number of benzene rings is 2. The average Bonchev–Trinajstić information content (AvgIpc) is 3.18. The molecule has 0 saturated heterocycles. The van der Waals surface area contributed by atoms with Crippen LogP contribution in [0.25, 0.3) is 11.1 Å². The molecule has 3 aliphatic rings. The van der Waals surface area contributed by atoms with Crippen LogP contribution in [0.5, 0.6) is 0 Å². The van der Waals surface area contributed by atoms with Gasteiger partial charge in [-0.3, -0.25) is 34.8 Å². The van der Waals surface area contributed by atoms with Crippen molar-refractivity contribution < 1.29 is 64.3 Å². The molecule has 0 saturated carbocycles. The molecule has 0 spiro atoms. The van der Waals surface area contributed by atoms with Crippen molar-refractivity contribution in [1.82, 2.24) is 37.4 Å². The van der Waals surface area contributed by atoms with Crippen molar-refractivity contribution in [3.8, 4) is 11.1 Å². The minimum Gasteiger partial charge on any atom is -0.370 e. The van der Waals surface area contributed by atoms with Gasteiger partial charge in [0, 0.05) is 24.6 Å². The predicted molar refractivity (Wildman–Crippen MR) is 199 cm³/mol. The topological polar surface area (TPSA) is 290 Å². The Bertz CT molecular complexity index is 1960. The Morgan fingerprint density at radius 2 is 1.07 bits per heavy atom. The van der Waals surface area contributed by atoms with Gasteiger partial charge in [0.25, 0.3) is 0 Å². The minimum atomic E-state index is -2.52. The van der Waals surface area contributed by atoms with E-state index in [1.807, 2.05) is 0 Å². The van der Waals surface area contributed by atoms with Gasteiger partial charge in [-0.15, -0.1) is 23.5 Å². The predicted octanol–water partition coefficient (Wildman–Crippen LogP) is 0.698. The lowest BCUT2D eigenvalue weighted by atomic mass is 10.0. The van der Waals surface area contributed by atoms with Crippen molar-refractivity contribution >= 4 is 64.9 Å². The number of hydrogen-bond acceptors (Lipinski definition) is 11. The average molecular weight is 902 g/mol. The highest BCUT2D eigenvalue weighted by atomic mass is 32.2. The monoisotopic (exact) mass is 901 g/mol. The summed E-state index contributed by atoms with van der Waals surface area (Å²) in [5, 5.41) is 38.3. The molecule has 3 aliphatic heterocycles. The second-order valence-electron chi connectivity index (χ2n) is 12.8. The number of carbonyl (C=O) groups is 5. The van der Waals surface area contributed by atoms with Crippen molar-refractivity contribution in [2.24, 2.45) is 11.5 Å². The summed E-state index contributed by atoms with van der Waals surface area (Å²) in [5.74, 6) is -27.6. The summed E-state index contributed by atoms with van der Waals surface area (Å²) in [4.78, 5) is 62.6. The third-order valence-electron chi connectivity index (χ3n) is 8.34. The maximum atomic E-state index is 15.5. The fourth-order valence-corrected chi connectivity index (χ4v) is 7.34. The summed E-state index contributed by atoms with van der Waals surface area (Å²) < 4.78 is 123. The van der Waals surface area contributed by atoms with Gasteiger partial charge in [-0.1, -0.05) is 0 Å². The van der Waals surface area contributed by atoms with Gasteiger partial charge in [0.2, 0.25) is 23.6 Å². The van der Waals surface area contributed by atoms with Gasteiger partial charge >= 0.3 is 0 Å². The second kappa shape index (κ2) is 22.3. The number of carbonyl (C=O) groups excluding carboxylic acids is 5. The first-order valence-corrected chi connectivity index (χ1v) is 19.4. The maximum absolute atomic E-state index is 15.5. The molecule has 14 N–H and O–H groups in total. The molecule has 0 radical (unpaired) electrons. The third kappa shape index (κ3) is 12.6. The molecule has 27 heteroatoms. The highest BCUT2D eigenvalue weighted by molar-refractivity contribution is 7.99. The number of nitrogens with one attached hydrogen (secondary N) is 9. The van der Waals surface area contributed by atoms with Gasteiger partial charge in [0.1, 0.15) is 30.0 Å². The van der Waals surface area contributed by atoms with Gasteiger partial charge in [-0.05, 0) is 32.6 Å². The van der Waals surface area contributed by atoms with E-state index in [9.17, 15) is 29.2 Å². The van der Waals surface area contributed by atoms with Crippen molar-refractivity contribution in [1.29, 1.82) is 10.8 Å². The minimum absolute atomic E-state index is 0.00467. The summed E-state index contributed by atoms with van der Waals surface area (Å²) in [6.07, 6.45) is -0.590. The van der Waals surface area contributed by atoms with E-state index in [2.05, 4.69) is 31.9 Å². The molecule has 17 nitrogen and oxygen atoms in total. The molecule has 4 unspecified atom stereocenters. The first-order valence-electron chi connectivity index (χ1n) is 17.4. The molecular weight excluding hydrogens is 863 g/mol. The molecule has 0 fully saturated rings. The van der Waals surface area contributed by atoms with Gasteiger partial charge in [-0.2, -0.15) is 5.48 Å². The van der Waals surface area contributed by atoms with E-state index in [-0.39, 0.29) is 62.3 Å². The van der Waals surface area contributed by atoms with E-state index < -0.39 is 151 Å². The molecule has 4 amide bonds. The van der Waals surface area contributed by atoms with Gasteiger partial charge in [-0.25, -0.2) is 35.1 Å². The number of fused-ring (bicyclic) bond motifs is 2. The highest BCUT2D eigenvalue weighted by Crippen LogP contribution is 2.42. The summed E-state index contributed by atoms with van der Waals surface area (Å²) >= 11 is -0.285. The zero-order valence-electron chi connectivity index (χ0n) is 31.2. The molecular formula is C33H39F8N11O6S2. The van der Waals surface area contributed by atoms with Crippen molar-refractivity contribution in [3.05, 3.63) is 46.5 Å². The van der Waals surface area contributed by atoms with Crippen LogP contribution >= 0.6 is 23.5 Å². The number of guanidine groups is 2. The number of amides is 4. The lowest BCUT2D eigenvalue weighted by molar-refractivity contribution is -0.134. The van der Waals surface area contributed by atoms with E-state index in [1.165, 1.54) is 5.48 Å². The highest BCUT2D eigenvalue weighted by Gasteiger charge is 2.37. The Morgan fingerprint density at radius 3 is 1.47 bits per heavy atom. The molecule has 5 rings (SSSR count). The number of rotatable bonds is 12. The molecule has 0 aromatic heterocycles. The smallest absolute Gasteiger partial charge is 0.243 e. The van der Waals surface area contributed by atoms with E-state index in [0.717, 1.165) is 6.92 Å². The molecule has 3 heterocycles. The first kappa shape index (κ1) is 49.0. The standard InChI is InChI=1S/C33H39F8N11O6S2/c1-11(53)8-48-28(54)14-9-59-26-22(38)18(34)16(19(35)23(26)39)17-20(36)24(40)27(25(41)21(17)37)60-10-15(52-58)31(57)50-12(4-2-6-46-32(42)43)29(55)49-13(30(56)51-14)5-3-7-47-33(44)45/h12-15,52,58H,2-10H2,1H3,(H,48,54)(H,49,55)(H,50,57)(H,51,56)(H4,42,43,46)(H4,44,45,47). The number of nitrogens with two attached hydrogens (primary N) is 2. The lowest BCUT2D eigenvalue weighted by Crippen LogP contribution is -2.58. The molecule has 60 heavy (non-hydrogen) atoms. The van der Waals surface area contributed by atoms with Crippen LogP contribution in [0, 0.1) is 57.4 Å². The van der Waals surface area contributed by atoms with Crippen LogP contribution in [-0.2, 0) is 24.0 Å². The largest absolute Gasteiger partial charge is 0.370 e. The van der Waals surface area contributed by atoms with Crippen LogP contribution in [-0.4, -0.2) is 102 Å². The van der Waals surface area contributed by atoms with Crippen molar-refractivity contribution in [3.63, 3.8) is 0 Å². The molecule has 0 aliphatic carbocycles. The van der Waals surface area contributed by atoms with Crippen LogP contribution in [0.15, 0.2) is 9.79 Å². The van der Waals surface area contributed by atoms with E-state index in [1.54, 1.807) is 0 Å². The Kier molecular flexibility index (Phi) is 18.2. The van der Waals surface area contributed by atoms with Gasteiger partial charge in [0.05, 0.1) is 27.5 Å². The normalized spacial score (nSPS) is 19.0. The molecule has 330 valence electrons. The van der Waals surface area contributed by atoms with E-state index >= 15 is 35.1 Å². The Balaban J connectivity index is 2.23. The first-order chi connectivity index (χ1) is 28.2. The second-order valence-corrected chi connectivity index (χ2v) is 14.9. The van der Waals surface area contributed by atoms with Crippen molar-refractivity contribution in [2.45, 2.75) is 66.6 Å². The van der Waals surface area contributed by atoms with E-state index in [4.69, 9.17) is 22.3 Å². The number of hydroxylamine groups is 1. The Labute approximate surface area is 343 Å². The fraction of sp³-hybridized carbons (Fsp3) is 0.424. The summed E-state index contributed by atoms with van der Waals surface area (Å²) in [7, 11) is 0. The summed E-state index contributed by atoms with van der Waals surface area (Å²) in [5.41, 5.74) is 7.69. The van der Waals surface area contributed by atoms with Crippen LogP contribution in [0.1, 0.15) is 32.6 Å². The zero-order valence-corrected chi connectivity index (χ0v) is 32.8. The number of thioether (sulfide) groups is 2.